The molecule has 1 fully saturated rings. The van der Waals surface area contributed by atoms with Gasteiger partial charge in [0.05, 0.1) is 0 Å². The Balaban J connectivity index is 2.39. The first kappa shape index (κ1) is 13.3. The predicted octanol–water partition coefficient (Wildman–Crippen LogP) is 1.55. The number of carbonyl (C=O) groups is 1. The molecule has 0 radical (unpaired) electrons. The van der Waals surface area contributed by atoms with Crippen LogP contribution in [0.1, 0.15) is 40.5 Å². The number of urea groups is 1. The number of nitrogens with one attached hydrogen (secondary N) is 1. The Hall–Kier alpha value is -0.770. The van der Waals surface area contributed by atoms with Gasteiger partial charge in [-0.05, 0) is 46.5 Å². The number of likely N-dealkylation sites (tertiary alicyclic amines) is 1. The van der Waals surface area contributed by atoms with Gasteiger partial charge >= 0.3 is 6.03 Å². The first-order chi connectivity index (χ1) is 7.29. The first-order valence-corrected chi connectivity index (χ1v) is 6.12. The molecular formula is C12H25N3O. The van der Waals surface area contributed by atoms with Gasteiger partial charge in [0.15, 0.2) is 0 Å². The number of rotatable bonds is 1. The molecule has 0 aromatic heterocycles. The normalized spacial score (nSPS) is 20.7. The molecule has 1 heterocycles. The van der Waals surface area contributed by atoms with Crippen molar-refractivity contribution in [2.24, 2.45) is 11.7 Å². The summed E-state index contributed by atoms with van der Waals surface area (Å²) in [6.45, 7) is 9.70. The van der Waals surface area contributed by atoms with Gasteiger partial charge in [0.2, 0.25) is 0 Å². The zero-order chi connectivity index (χ0) is 12.3. The SMILES string of the molecule is CC(N)C1CCN(C(=O)NC(C)(C)C)CC1. The highest BCUT2D eigenvalue weighted by Crippen LogP contribution is 2.19. The van der Waals surface area contributed by atoms with E-state index in [1.807, 2.05) is 25.7 Å². The third kappa shape index (κ3) is 4.00. The van der Waals surface area contributed by atoms with E-state index in [1.54, 1.807) is 0 Å². The Bertz CT molecular complexity index is 237. The molecule has 1 aliphatic rings. The standard InChI is InChI=1S/C12H25N3O/c1-9(13)10-5-7-15(8-6-10)11(16)14-12(2,3)4/h9-10H,5-8,13H2,1-4H3,(H,14,16). The van der Waals surface area contributed by atoms with E-state index >= 15 is 0 Å². The topological polar surface area (TPSA) is 58.4 Å². The summed E-state index contributed by atoms with van der Waals surface area (Å²) in [7, 11) is 0. The molecule has 1 aliphatic heterocycles. The zero-order valence-electron chi connectivity index (χ0n) is 10.9. The maximum absolute atomic E-state index is 11.9. The van der Waals surface area contributed by atoms with Crippen LogP contribution in [0.25, 0.3) is 0 Å². The van der Waals surface area contributed by atoms with Crippen molar-refractivity contribution < 1.29 is 4.79 Å². The summed E-state index contributed by atoms with van der Waals surface area (Å²) in [5.41, 5.74) is 5.71. The number of nitrogens with zero attached hydrogens (tertiary/aromatic N) is 1. The van der Waals surface area contributed by atoms with Crippen LogP contribution in [0, 0.1) is 5.92 Å². The average molecular weight is 227 g/mol. The summed E-state index contributed by atoms with van der Waals surface area (Å²) in [6, 6.07) is 0.295. The molecule has 4 nitrogen and oxygen atoms in total. The van der Waals surface area contributed by atoms with E-state index in [4.69, 9.17) is 5.73 Å². The lowest BCUT2D eigenvalue weighted by Gasteiger charge is -2.35. The molecular weight excluding hydrogens is 202 g/mol. The average Bonchev–Trinajstić information content (AvgIpc) is 2.15. The largest absolute Gasteiger partial charge is 0.333 e. The number of hydrogen-bond acceptors (Lipinski definition) is 2. The van der Waals surface area contributed by atoms with Crippen LogP contribution in [0.3, 0.4) is 0 Å². The molecule has 0 saturated carbocycles. The van der Waals surface area contributed by atoms with Crippen LogP contribution in [0.4, 0.5) is 4.79 Å². The molecule has 16 heavy (non-hydrogen) atoms. The summed E-state index contributed by atoms with van der Waals surface area (Å²) in [5, 5.41) is 2.99. The Kier molecular flexibility index (Phi) is 4.19. The van der Waals surface area contributed by atoms with Crippen molar-refractivity contribution in [2.45, 2.75) is 52.1 Å². The molecule has 0 aromatic carbocycles. The van der Waals surface area contributed by atoms with Crippen molar-refractivity contribution in [2.75, 3.05) is 13.1 Å². The van der Waals surface area contributed by atoms with E-state index in [9.17, 15) is 4.79 Å². The van der Waals surface area contributed by atoms with Gasteiger partial charge < -0.3 is 16.0 Å². The van der Waals surface area contributed by atoms with Gasteiger partial charge in [0.25, 0.3) is 0 Å². The summed E-state index contributed by atoms with van der Waals surface area (Å²) < 4.78 is 0. The second kappa shape index (κ2) is 5.04. The van der Waals surface area contributed by atoms with Crippen LogP contribution < -0.4 is 11.1 Å². The van der Waals surface area contributed by atoms with Gasteiger partial charge in [-0.25, -0.2) is 4.79 Å². The van der Waals surface area contributed by atoms with Crippen molar-refractivity contribution in [1.29, 1.82) is 0 Å². The number of hydrogen-bond donors (Lipinski definition) is 2. The second-order valence-electron chi connectivity index (χ2n) is 5.86. The van der Waals surface area contributed by atoms with Gasteiger partial charge in [0.1, 0.15) is 0 Å². The summed E-state index contributed by atoms with van der Waals surface area (Å²) in [6.07, 6.45) is 2.05. The van der Waals surface area contributed by atoms with Crippen LogP contribution in [0.5, 0.6) is 0 Å². The van der Waals surface area contributed by atoms with E-state index in [0.29, 0.717) is 5.92 Å². The fourth-order valence-electron chi connectivity index (χ4n) is 2.03. The predicted molar refractivity (Wildman–Crippen MR) is 66.2 cm³/mol. The van der Waals surface area contributed by atoms with Gasteiger partial charge in [0, 0.05) is 24.7 Å². The van der Waals surface area contributed by atoms with Crippen LogP contribution >= 0.6 is 0 Å². The van der Waals surface area contributed by atoms with E-state index < -0.39 is 0 Å². The fourth-order valence-corrected chi connectivity index (χ4v) is 2.03. The lowest BCUT2D eigenvalue weighted by molar-refractivity contribution is 0.158. The number of amides is 2. The molecule has 3 N–H and O–H groups in total. The minimum Gasteiger partial charge on any atom is -0.333 e. The highest BCUT2D eigenvalue weighted by Gasteiger charge is 2.26. The first-order valence-electron chi connectivity index (χ1n) is 6.12. The van der Waals surface area contributed by atoms with Crippen molar-refractivity contribution in [3.05, 3.63) is 0 Å². The number of piperidine rings is 1. The molecule has 0 aromatic rings. The Morgan fingerprint density at radius 2 is 1.88 bits per heavy atom. The molecule has 0 bridgehead atoms. The van der Waals surface area contributed by atoms with E-state index in [-0.39, 0.29) is 17.6 Å². The second-order valence-corrected chi connectivity index (χ2v) is 5.86. The van der Waals surface area contributed by atoms with Crippen LogP contribution in [-0.4, -0.2) is 35.6 Å². The number of carbonyl (C=O) groups excluding carboxylic acids is 1. The third-order valence-corrected chi connectivity index (χ3v) is 3.05. The maximum atomic E-state index is 11.9. The summed E-state index contributed by atoms with van der Waals surface area (Å²) >= 11 is 0. The fraction of sp³-hybridized carbons (Fsp3) is 0.917. The minimum atomic E-state index is -0.158. The van der Waals surface area contributed by atoms with E-state index in [1.165, 1.54) is 0 Å². The molecule has 2 amide bonds. The van der Waals surface area contributed by atoms with Gasteiger partial charge in [-0.15, -0.1) is 0 Å². The van der Waals surface area contributed by atoms with Gasteiger partial charge in [-0.1, -0.05) is 0 Å². The molecule has 94 valence electrons. The van der Waals surface area contributed by atoms with Crippen LogP contribution in [0.2, 0.25) is 0 Å². The van der Waals surface area contributed by atoms with E-state index in [2.05, 4.69) is 12.2 Å². The van der Waals surface area contributed by atoms with Crippen molar-refractivity contribution in [3.63, 3.8) is 0 Å². The molecule has 1 rings (SSSR count). The Labute approximate surface area is 98.6 Å². The molecule has 0 aliphatic carbocycles. The van der Waals surface area contributed by atoms with Crippen molar-refractivity contribution >= 4 is 6.03 Å². The summed E-state index contributed by atoms with van der Waals surface area (Å²) in [4.78, 5) is 13.8. The van der Waals surface area contributed by atoms with Gasteiger partial charge in [-0.2, -0.15) is 0 Å². The highest BCUT2D eigenvalue weighted by molar-refractivity contribution is 5.75. The molecule has 4 heteroatoms. The lowest BCUT2D eigenvalue weighted by Crippen LogP contribution is -2.51. The van der Waals surface area contributed by atoms with Crippen LogP contribution in [0.15, 0.2) is 0 Å². The number of nitrogens with two attached hydrogens (primary N) is 1. The smallest absolute Gasteiger partial charge is 0.317 e. The molecule has 0 spiro atoms. The quantitative estimate of drug-likeness (QED) is 0.714. The molecule has 1 saturated heterocycles. The minimum absolute atomic E-state index is 0.0515. The highest BCUT2D eigenvalue weighted by atomic mass is 16.2. The van der Waals surface area contributed by atoms with Crippen molar-refractivity contribution in [1.82, 2.24) is 10.2 Å². The Morgan fingerprint density at radius 3 is 2.25 bits per heavy atom. The van der Waals surface area contributed by atoms with E-state index in [0.717, 1.165) is 25.9 Å². The van der Waals surface area contributed by atoms with Crippen LogP contribution in [-0.2, 0) is 0 Å². The lowest BCUT2D eigenvalue weighted by atomic mass is 9.91. The van der Waals surface area contributed by atoms with Crippen molar-refractivity contribution in [3.8, 4) is 0 Å². The third-order valence-electron chi connectivity index (χ3n) is 3.05. The van der Waals surface area contributed by atoms with Gasteiger partial charge in [-0.3, -0.25) is 0 Å². The zero-order valence-corrected chi connectivity index (χ0v) is 10.9. The molecule has 1 unspecified atom stereocenters. The molecule has 1 atom stereocenters. The maximum Gasteiger partial charge on any atom is 0.317 e. The summed E-state index contributed by atoms with van der Waals surface area (Å²) in [5.74, 6) is 0.568. The monoisotopic (exact) mass is 227 g/mol. The Morgan fingerprint density at radius 1 is 1.38 bits per heavy atom.